The predicted octanol–water partition coefficient (Wildman–Crippen LogP) is 5.02. The number of esters is 1. The molecule has 1 amide bonds. The van der Waals surface area contributed by atoms with Crippen molar-refractivity contribution in [3.63, 3.8) is 0 Å². The number of ether oxygens (including phenoxy) is 1. The zero-order valence-corrected chi connectivity index (χ0v) is 16.0. The number of benzene rings is 2. The van der Waals surface area contributed by atoms with Crippen LogP contribution < -0.4 is 5.32 Å². The molecule has 0 aliphatic heterocycles. The number of nitro benzene ring substituents is 1. The molecule has 0 saturated heterocycles. The average molecular weight is 417 g/mol. The van der Waals surface area contributed by atoms with Crippen molar-refractivity contribution in [3.8, 4) is 11.1 Å². The number of nitro groups is 1. The first-order chi connectivity index (χ1) is 13.4. The standard InChI is InChI=1S/C19H13ClN2O5S/c1-27-19(24)16-14(13-4-2-3-5-15(13)20)10-28-18(16)21-17(23)11-6-8-12(9-7-11)22(25)26/h2-10H,1H3,(H,21,23). The molecule has 0 radical (unpaired) electrons. The summed E-state index contributed by atoms with van der Waals surface area (Å²) in [6.45, 7) is 0. The number of amides is 1. The molecule has 28 heavy (non-hydrogen) atoms. The number of hydrogen-bond donors (Lipinski definition) is 1. The molecule has 3 rings (SSSR count). The van der Waals surface area contributed by atoms with Gasteiger partial charge in [0.25, 0.3) is 11.6 Å². The van der Waals surface area contributed by atoms with Crippen LogP contribution in [0.3, 0.4) is 0 Å². The van der Waals surface area contributed by atoms with E-state index in [1.807, 2.05) is 0 Å². The van der Waals surface area contributed by atoms with Gasteiger partial charge in [-0.15, -0.1) is 11.3 Å². The summed E-state index contributed by atoms with van der Waals surface area (Å²) in [5.41, 5.74) is 1.46. The van der Waals surface area contributed by atoms with Crippen molar-refractivity contribution in [2.24, 2.45) is 0 Å². The topological polar surface area (TPSA) is 98.5 Å². The Morgan fingerprint density at radius 3 is 2.39 bits per heavy atom. The number of rotatable bonds is 5. The molecule has 0 bridgehead atoms. The van der Waals surface area contributed by atoms with Gasteiger partial charge in [0.05, 0.1) is 12.0 Å². The summed E-state index contributed by atoms with van der Waals surface area (Å²) in [7, 11) is 1.25. The van der Waals surface area contributed by atoms with Crippen molar-refractivity contribution < 1.29 is 19.2 Å². The molecule has 1 aromatic heterocycles. The van der Waals surface area contributed by atoms with Crippen LogP contribution in [0.5, 0.6) is 0 Å². The molecule has 0 aliphatic carbocycles. The summed E-state index contributed by atoms with van der Waals surface area (Å²) >= 11 is 7.39. The molecule has 0 unspecified atom stereocenters. The van der Waals surface area contributed by atoms with E-state index in [1.54, 1.807) is 29.6 Å². The first kappa shape index (κ1) is 19.5. The van der Waals surface area contributed by atoms with E-state index in [0.717, 1.165) is 11.3 Å². The summed E-state index contributed by atoms with van der Waals surface area (Å²) < 4.78 is 4.87. The van der Waals surface area contributed by atoms with Gasteiger partial charge in [0.15, 0.2) is 0 Å². The van der Waals surface area contributed by atoms with Crippen LogP contribution in [-0.4, -0.2) is 23.9 Å². The van der Waals surface area contributed by atoms with Crippen molar-refractivity contribution in [2.45, 2.75) is 0 Å². The first-order valence-electron chi connectivity index (χ1n) is 7.93. The minimum absolute atomic E-state index is 0.121. The fourth-order valence-corrected chi connectivity index (χ4v) is 3.72. The second-order valence-electron chi connectivity index (χ2n) is 5.58. The Kier molecular flexibility index (Phi) is 5.72. The minimum atomic E-state index is -0.616. The average Bonchev–Trinajstić information content (AvgIpc) is 3.11. The Balaban J connectivity index is 1.96. The zero-order chi connectivity index (χ0) is 20.3. The molecular weight excluding hydrogens is 404 g/mol. The van der Waals surface area contributed by atoms with E-state index in [2.05, 4.69) is 5.32 Å². The van der Waals surface area contributed by atoms with Crippen LogP contribution in [0.1, 0.15) is 20.7 Å². The lowest BCUT2D eigenvalue weighted by molar-refractivity contribution is -0.384. The summed E-state index contributed by atoms with van der Waals surface area (Å²) in [6.07, 6.45) is 0. The van der Waals surface area contributed by atoms with E-state index < -0.39 is 16.8 Å². The quantitative estimate of drug-likeness (QED) is 0.358. The van der Waals surface area contributed by atoms with Crippen molar-refractivity contribution in [1.29, 1.82) is 0 Å². The van der Waals surface area contributed by atoms with Gasteiger partial charge in [-0.2, -0.15) is 0 Å². The third kappa shape index (κ3) is 3.88. The number of methoxy groups -OCH3 is 1. The Bertz CT molecular complexity index is 1060. The van der Waals surface area contributed by atoms with Crippen molar-refractivity contribution in [1.82, 2.24) is 0 Å². The molecule has 0 atom stereocenters. The lowest BCUT2D eigenvalue weighted by Gasteiger charge is -2.09. The number of anilines is 1. The SMILES string of the molecule is COC(=O)c1c(-c2ccccc2Cl)csc1NC(=O)c1ccc([N+](=O)[O-])cc1. The Morgan fingerprint density at radius 1 is 1.11 bits per heavy atom. The third-order valence-corrected chi connectivity index (χ3v) is 5.14. The van der Waals surface area contributed by atoms with Crippen LogP contribution in [0, 0.1) is 10.1 Å². The van der Waals surface area contributed by atoms with Gasteiger partial charge in [-0.25, -0.2) is 4.79 Å². The van der Waals surface area contributed by atoms with E-state index in [4.69, 9.17) is 16.3 Å². The summed E-state index contributed by atoms with van der Waals surface area (Å²) in [5.74, 6) is -1.12. The van der Waals surface area contributed by atoms with Crippen LogP contribution in [0.15, 0.2) is 53.9 Å². The highest BCUT2D eigenvalue weighted by Crippen LogP contribution is 2.39. The van der Waals surface area contributed by atoms with Gasteiger partial charge in [0.1, 0.15) is 10.6 Å². The third-order valence-electron chi connectivity index (χ3n) is 3.91. The number of nitrogens with zero attached hydrogens (tertiary/aromatic N) is 1. The second kappa shape index (κ2) is 8.20. The lowest BCUT2D eigenvalue weighted by atomic mass is 10.0. The molecule has 0 saturated carbocycles. The van der Waals surface area contributed by atoms with E-state index >= 15 is 0 Å². The maximum absolute atomic E-state index is 12.5. The highest BCUT2D eigenvalue weighted by molar-refractivity contribution is 7.15. The first-order valence-corrected chi connectivity index (χ1v) is 9.18. The van der Waals surface area contributed by atoms with E-state index in [-0.39, 0.29) is 16.8 Å². The van der Waals surface area contributed by atoms with Crippen LogP contribution in [0.25, 0.3) is 11.1 Å². The number of hydrogen-bond acceptors (Lipinski definition) is 6. The monoisotopic (exact) mass is 416 g/mol. The van der Waals surface area contributed by atoms with Crippen LogP contribution in [0.2, 0.25) is 5.02 Å². The van der Waals surface area contributed by atoms with Crippen LogP contribution in [0.4, 0.5) is 10.7 Å². The van der Waals surface area contributed by atoms with Crippen molar-refractivity contribution in [2.75, 3.05) is 12.4 Å². The van der Waals surface area contributed by atoms with Crippen molar-refractivity contribution in [3.05, 3.63) is 80.2 Å². The van der Waals surface area contributed by atoms with Crippen LogP contribution in [-0.2, 0) is 4.74 Å². The van der Waals surface area contributed by atoms with Crippen molar-refractivity contribution >= 4 is 45.5 Å². The largest absolute Gasteiger partial charge is 0.465 e. The molecule has 1 N–H and O–H groups in total. The molecule has 1 heterocycles. The molecule has 7 nitrogen and oxygen atoms in total. The number of carbonyl (C=O) groups excluding carboxylic acids is 2. The van der Waals surface area contributed by atoms with Gasteiger partial charge in [0.2, 0.25) is 0 Å². The van der Waals surface area contributed by atoms with Crippen LogP contribution >= 0.6 is 22.9 Å². The highest BCUT2D eigenvalue weighted by Gasteiger charge is 2.23. The summed E-state index contributed by atoms with van der Waals surface area (Å²) in [6, 6.07) is 12.2. The maximum Gasteiger partial charge on any atom is 0.341 e. The smallest absolute Gasteiger partial charge is 0.341 e. The van der Waals surface area contributed by atoms with Gasteiger partial charge in [0, 0.05) is 39.2 Å². The molecule has 9 heteroatoms. The van der Waals surface area contributed by atoms with Gasteiger partial charge < -0.3 is 10.1 Å². The number of non-ortho nitro benzene ring substituents is 1. The Hall–Kier alpha value is -3.23. The lowest BCUT2D eigenvalue weighted by Crippen LogP contribution is -2.14. The van der Waals surface area contributed by atoms with E-state index in [0.29, 0.717) is 21.2 Å². The number of halogens is 1. The summed E-state index contributed by atoms with van der Waals surface area (Å²) in [5, 5.41) is 15.9. The Morgan fingerprint density at radius 2 is 1.79 bits per heavy atom. The normalized spacial score (nSPS) is 10.4. The Labute approximate surface area is 168 Å². The molecule has 0 fully saturated rings. The highest BCUT2D eigenvalue weighted by atomic mass is 35.5. The zero-order valence-electron chi connectivity index (χ0n) is 14.5. The van der Waals surface area contributed by atoms with Gasteiger partial charge in [-0.1, -0.05) is 29.8 Å². The molecular formula is C19H13ClN2O5S. The molecule has 2 aromatic carbocycles. The minimum Gasteiger partial charge on any atom is -0.465 e. The second-order valence-corrected chi connectivity index (χ2v) is 6.87. The maximum atomic E-state index is 12.5. The van der Waals surface area contributed by atoms with Gasteiger partial charge in [-0.3, -0.25) is 14.9 Å². The number of carbonyl (C=O) groups is 2. The van der Waals surface area contributed by atoms with E-state index in [9.17, 15) is 19.7 Å². The molecule has 0 aliphatic rings. The molecule has 142 valence electrons. The van der Waals surface area contributed by atoms with E-state index in [1.165, 1.54) is 31.4 Å². The summed E-state index contributed by atoms with van der Waals surface area (Å²) in [4.78, 5) is 35.1. The number of thiophene rings is 1. The molecule has 3 aromatic rings. The predicted molar refractivity (Wildman–Crippen MR) is 107 cm³/mol. The van der Waals surface area contributed by atoms with Gasteiger partial charge >= 0.3 is 5.97 Å². The number of nitrogens with one attached hydrogen (secondary N) is 1. The molecule has 0 spiro atoms. The fourth-order valence-electron chi connectivity index (χ4n) is 2.54. The van der Waals surface area contributed by atoms with Gasteiger partial charge in [-0.05, 0) is 18.2 Å². The fraction of sp³-hybridized carbons (Fsp3) is 0.0526.